The van der Waals surface area contributed by atoms with E-state index in [-0.39, 0.29) is 10.8 Å². The molecule has 3 heteroatoms. The normalized spacial score (nSPS) is 15.7. The Morgan fingerprint density at radius 1 is 0.463 bits per heavy atom. The van der Waals surface area contributed by atoms with Gasteiger partial charge in [0.05, 0.1) is 39.5 Å². The van der Waals surface area contributed by atoms with Gasteiger partial charge in [0.15, 0.2) is 0 Å². The molecule has 0 amide bonds. The number of nitrogens with zero attached hydrogens (tertiary/aromatic N) is 3. The Morgan fingerprint density at radius 2 is 1.00 bits per heavy atom. The number of benzene rings is 5. The summed E-state index contributed by atoms with van der Waals surface area (Å²) in [7, 11) is 0. The molecule has 5 aromatic carbocycles. The highest BCUT2D eigenvalue weighted by atomic mass is 15.2. The van der Waals surface area contributed by atoms with Crippen LogP contribution in [0, 0.1) is 0 Å². The van der Waals surface area contributed by atoms with E-state index in [2.05, 4.69) is 118 Å². The number of fused-ring (bicyclic) bond motifs is 5. The number of hydrogen-bond donors (Lipinski definition) is 0. The molecule has 41 heavy (non-hydrogen) atoms. The van der Waals surface area contributed by atoms with Gasteiger partial charge in [0.2, 0.25) is 0 Å². The molecule has 1 aromatic heterocycles. The molecule has 0 spiro atoms. The molecule has 0 fully saturated rings. The molecule has 0 aliphatic carbocycles. The van der Waals surface area contributed by atoms with Gasteiger partial charge in [-0.1, -0.05) is 113 Å². The molecule has 0 radical (unpaired) electrons. The monoisotopic (exact) mass is 529 g/mol. The predicted molar refractivity (Wildman–Crippen MR) is 169 cm³/mol. The van der Waals surface area contributed by atoms with Crippen molar-refractivity contribution in [1.82, 2.24) is 9.97 Å². The Hall–Kier alpha value is -4.76. The van der Waals surface area contributed by atoms with Gasteiger partial charge >= 0.3 is 0 Å². The van der Waals surface area contributed by atoms with E-state index in [9.17, 15) is 0 Å². The maximum absolute atomic E-state index is 5.21. The molecule has 3 nitrogen and oxygen atoms in total. The number of aromatic nitrogens is 2. The topological polar surface area (TPSA) is 29.0 Å². The largest absolute Gasteiger partial charge is 0.309 e. The number of rotatable bonds is 2. The molecule has 0 unspecified atom stereocenters. The van der Waals surface area contributed by atoms with Crippen LogP contribution in [0.2, 0.25) is 0 Å². The Bertz CT molecular complexity index is 2000. The highest BCUT2D eigenvalue weighted by Crippen LogP contribution is 2.60. The van der Waals surface area contributed by atoms with Gasteiger partial charge in [0.25, 0.3) is 0 Å². The fourth-order valence-corrected chi connectivity index (χ4v) is 7.03. The lowest BCUT2D eigenvalue weighted by atomic mass is 9.66. The highest BCUT2D eigenvalue weighted by Gasteiger charge is 2.45. The van der Waals surface area contributed by atoms with Crippen molar-refractivity contribution >= 4 is 28.1 Å². The van der Waals surface area contributed by atoms with Crippen LogP contribution in [0.5, 0.6) is 0 Å². The SMILES string of the molecule is CC1(C)c2ccccc2N2c3ccc(-c4nc5ccccc5nc4-c4ccccc4)cc3C(C)(C)c3cccc1c32. The molecule has 2 aliphatic rings. The van der Waals surface area contributed by atoms with Crippen molar-refractivity contribution in [2.45, 2.75) is 38.5 Å². The van der Waals surface area contributed by atoms with Crippen LogP contribution < -0.4 is 4.90 Å². The lowest BCUT2D eigenvalue weighted by Gasteiger charge is -2.49. The third kappa shape index (κ3) is 3.32. The third-order valence-corrected chi connectivity index (χ3v) is 9.23. The molecular formula is C38H31N3. The summed E-state index contributed by atoms with van der Waals surface area (Å²) < 4.78 is 0. The highest BCUT2D eigenvalue weighted by molar-refractivity contribution is 5.94. The molecule has 198 valence electrons. The van der Waals surface area contributed by atoms with E-state index in [0.717, 1.165) is 33.5 Å². The zero-order valence-corrected chi connectivity index (χ0v) is 23.8. The van der Waals surface area contributed by atoms with Crippen molar-refractivity contribution in [1.29, 1.82) is 0 Å². The molecule has 2 aliphatic heterocycles. The third-order valence-electron chi connectivity index (χ3n) is 9.23. The van der Waals surface area contributed by atoms with Gasteiger partial charge in [-0.25, -0.2) is 9.97 Å². The van der Waals surface area contributed by atoms with Gasteiger partial charge in [0.1, 0.15) is 0 Å². The summed E-state index contributed by atoms with van der Waals surface area (Å²) in [4.78, 5) is 12.8. The van der Waals surface area contributed by atoms with E-state index in [4.69, 9.17) is 9.97 Å². The van der Waals surface area contributed by atoms with Crippen molar-refractivity contribution in [3.8, 4) is 22.5 Å². The van der Waals surface area contributed by atoms with Gasteiger partial charge in [-0.05, 0) is 52.6 Å². The van der Waals surface area contributed by atoms with Crippen LogP contribution in [0.4, 0.5) is 17.1 Å². The second kappa shape index (κ2) is 8.37. The predicted octanol–water partition coefficient (Wildman–Crippen LogP) is 9.71. The van der Waals surface area contributed by atoms with Gasteiger partial charge < -0.3 is 4.90 Å². The Labute approximate surface area is 241 Å². The van der Waals surface area contributed by atoms with Crippen molar-refractivity contribution < 1.29 is 0 Å². The van der Waals surface area contributed by atoms with E-state index < -0.39 is 0 Å². The zero-order chi connectivity index (χ0) is 27.9. The minimum absolute atomic E-state index is 0.0861. The minimum atomic E-state index is -0.202. The van der Waals surface area contributed by atoms with Crippen LogP contribution in [0.3, 0.4) is 0 Å². The molecule has 3 heterocycles. The van der Waals surface area contributed by atoms with Crippen LogP contribution in [-0.2, 0) is 10.8 Å². The van der Waals surface area contributed by atoms with Crippen molar-refractivity contribution in [3.63, 3.8) is 0 Å². The first-order valence-electron chi connectivity index (χ1n) is 14.4. The van der Waals surface area contributed by atoms with E-state index in [1.54, 1.807) is 0 Å². The van der Waals surface area contributed by atoms with Crippen LogP contribution in [0.1, 0.15) is 49.9 Å². The van der Waals surface area contributed by atoms with Crippen LogP contribution >= 0.6 is 0 Å². The standard InChI is InChI=1S/C38H31N3/c1-37(2)26-15-8-11-20-32(26)41-33-22-21-25(23-29(33)38(3,4)28-17-12-16-27(37)36(28)41)35-34(24-13-6-5-7-14-24)39-30-18-9-10-19-31(30)40-35/h5-23H,1-4H3. The summed E-state index contributed by atoms with van der Waals surface area (Å²) in [5.74, 6) is 0. The van der Waals surface area contributed by atoms with Crippen LogP contribution in [0.25, 0.3) is 33.5 Å². The minimum Gasteiger partial charge on any atom is -0.309 e. The Kier molecular flexibility index (Phi) is 4.92. The van der Waals surface area contributed by atoms with Gasteiger partial charge in [-0.15, -0.1) is 0 Å². The first kappa shape index (κ1) is 24.1. The van der Waals surface area contributed by atoms with Crippen LogP contribution in [0.15, 0.2) is 115 Å². The molecule has 0 bridgehead atoms. The summed E-state index contributed by atoms with van der Waals surface area (Å²) in [6.07, 6.45) is 0. The fourth-order valence-electron chi connectivity index (χ4n) is 7.03. The number of para-hydroxylation sites is 4. The fraction of sp³-hybridized carbons (Fsp3) is 0.158. The Morgan fingerprint density at radius 3 is 1.71 bits per heavy atom. The lowest BCUT2D eigenvalue weighted by molar-refractivity contribution is 0.597. The second-order valence-corrected chi connectivity index (χ2v) is 12.3. The van der Waals surface area contributed by atoms with E-state index in [1.807, 2.05) is 30.3 Å². The van der Waals surface area contributed by atoms with Gasteiger partial charge in [-0.2, -0.15) is 0 Å². The smallest absolute Gasteiger partial charge is 0.0973 e. The van der Waals surface area contributed by atoms with Gasteiger partial charge in [-0.3, -0.25) is 0 Å². The molecule has 8 rings (SSSR count). The van der Waals surface area contributed by atoms with Crippen molar-refractivity contribution in [2.24, 2.45) is 0 Å². The van der Waals surface area contributed by atoms with Crippen molar-refractivity contribution in [3.05, 3.63) is 138 Å². The maximum atomic E-state index is 5.21. The average molecular weight is 530 g/mol. The molecule has 0 N–H and O–H groups in total. The molecule has 0 saturated carbocycles. The number of hydrogen-bond acceptors (Lipinski definition) is 3. The average Bonchev–Trinajstić information content (AvgIpc) is 3.00. The molecule has 0 saturated heterocycles. The van der Waals surface area contributed by atoms with E-state index in [0.29, 0.717) is 0 Å². The second-order valence-electron chi connectivity index (χ2n) is 12.3. The number of anilines is 3. The van der Waals surface area contributed by atoms with Crippen molar-refractivity contribution in [2.75, 3.05) is 4.90 Å². The first-order valence-corrected chi connectivity index (χ1v) is 14.4. The Balaban J connectivity index is 1.40. The van der Waals surface area contributed by atoms with E-state index >= 15 is 0 Å². The molecular weight excluding hydrogens is 498 g/mol. The molecule has 6 aromatic rings. The maximum Gasteiger partial charge on any atom is 0.0973 e. The summed E-state index contributed by atoms with van der Waals surface area (Å²) in [5, 5.41) is 0. The summed E-state index contributed by atoms with van der Waals surface area (Å²) in [6, 6.07) is 41.2. The van der Waals surface area contributed by atoms with E-state index in [1.165, 1.54) is 39.3 Å². The lowest BCUT2D eigenvalue weighted by Crippen LogP contribution is -2.38. The zero-order valence-electron chi connectivity index (χ0n) is 23.8. The molecule has 0 atom stereocenters. The summed E-state index contributed by atoms with van der Waals surface area (Å²) >= 11 is 0. The summed E-state index contributed by atoms with van der Waals surface area (Å²) in [6.45, 7) is 9.43. The first-order chi connectivity index (χ1) is 19.9. The van der Waals surface area contributed by atoms with Gasteiger partial charge in [0, 0.05) is 22.0 Å². The summed E-state index contributed by atoms with van der Waals surface area (Å²) in [5.41, 5.74) is 14.7. The quantitative estimate of drug-likeness (QED) is 0.224. The van der Waals surface area contributed by atoms with Crippen LogP contribution in [-0.4, -0.2) is 9.97 Å².